The van der Waals surface area contributed by atoms with Crippen LogP contribution in [0.15, 0.2) is 61.2 Å². The molecule has 0 radical (unpaired) electrons. The Morgan fingerprint density at radius 1 is 0.957 bits per heavy atom. The van der Waals surface area contributed by atoms with E-state index in [4.69, 9.17) is 0 Å². The monoisotopic (exact) mass is 414 g/mol. The molecule has 4 rings (SSSR count). The zero-order valence-corrected chi connectivity index (χ0v) is 14.0. The van der Waals surface area contributed by atoms with Crippen LogP contribution in [0.4, 0.5) is 11.8 Å². The number of fused-ring (bicyclic) bond motifs is 1. The van der Waals surface area contributed by atoms with E-state index in [2.05, 4.69) is 47.8 Å². The first-order valence-electron chi connectivity index (χ1n) is 6.94. The minimum absolute atomic E-state index is 0.502. The summed E-state index contributed by atoms with van der Waals surface area (Å²) >= 11 is 2.22. The summed E-state index contributed by atoms with van der Waals surface area (Å²) in [5.41, 5.74) is 2.60. The highest BCUT2D eigenvalue weighted by atomic mass is 127. The summed E-state index contributed by atoms with van der Waals surface area (Å²) in [4.78, 5) is 17.5. The topological polar surface area (TPSA) is 68.0 Å². The molecule has 4 heterocycles. The van der Waals surface area contributed by atoms with Crippen molar-refractivity contribution < 1.29 is 0 Å². The van der Waals surface area contributed by atoms with Crippen molar-refractivity contribution in [3.8, 4) is 11.4 Å². The molecule has 0 spiro atoms. The molecular weight excluding hydrogens is 403 g/mol. The van der Waals surface area contributed by atoms with Crippen molar-refractivity contribution in [2.24, 2.45) is 0 Å². The number of pyridine rings is 2. The lowest BCUT2D eigenvalue weighted by molar-refractivity contribution is 1.12. The van der Waals surface area contributed by atoms with Gasteiger partial charge >= 0.3 is 0 Å². The summed E-state index contributed by atoms with van der Waals surface area (Å²) in [7, 11) is 0. The van der Waals surface area contributed by atoms with Crippen molar-refractivity contribution in [1.82, 2.24) is 24.3 Å². The third-order valence-corrected chi connectivity index (χ3v) is 3.94. The molecule has 23 heavy (non-hydrogen) atoms. The minimum Gasteiger partial charge on any atom is -0.309 e. The van der Waals surface area contributed by atoms with E-state index in [-0.39, 0.29) is 0 Å². The average molecular weight is 414 g/mol. The lowest BCUT2D eigenvalue weighted by atomic mass is 10.3. The summed E-state index contributed by atoms with van der Waals surface area (Å²) in [6.07, 6.45) is 7.29. The van der Waals surface area contributed by atoms with Gasteiger partial charge in [-0.2, -0.15) is 0 Å². The number of anilines is 2. The summed E-state index contributed by atoms with van der Waals surface area (Å²) < 4.78 is 3.07. The van der Waals surface area contributed by atoms with E-state index in [1.54, 1.807) is 12.4 Å². The summed E-state index contributed by atoms with van der Waals surface area (Å²) in [5.74, 6) is 1.21. The van der Waals surface area contributed by atoms with Gasteiger partial charge in [0.05, 0.1) is 17.6 Å². The number of rotatable bonds is 3. The molecule has 0 amide bonds. The van der Waals surface area contributed by atoms with Gasteiger partial charge in [0.2, 0.25) is 5.95 Å². The molecule has 0 aliphatic rings. The summed E-state index contributed by atoms with van der Waals surface area (Å²) in [6.45, 7) is 0. The minimum atomic E-state index is 0.502. The molecule has 7 heteroatoms. The third-order valence-electron chi connectivity index (χ3n) is 3.30. The standard InChI is InChI=1S/C16H11IN6/c17-11-4-5-14(19-9-11)22-16-18-7-6-12(21-16)13-10-20-15-3-1-2-8-23(13)15/h1-10H,(H,18,19,21,22). The molecule has 6 nitrogen and oxygen atoms in total. The second kappa shape index (κ2) is 5.92. The SMILES string of the molecule is Ic1ccc(Nc2nccc(-c3cnc4ccccn34)n2)nc1. The van der Waals surface area contributed by atoms with Crippen LogP contribution < -0.4 is 5.32 Å². The van der Waals surface area contributed by atoms with E-state index in [1.807, 2.05) is 53.2 Å². The van der Waals surface area contributed by atoms with Gasteiger partial charge in [-0.05, 0) is 52.9 Å². The van der Waals surface area contributed by atoms with Crippen LogP contribution in [0.1, 0.15) is 0 Å². The van der Waals surface area contributed by atoms with E-state index in [9.17, 15) is 0 Å². The molecule has 0 saturated carbocycles. The fourth-order valence-electron chi connectivity index (χ4n) is 2.25. The van der Waals surface area contributed by atoms with Crippen LogP contribution in [0.25, 0.3) is 17.0 Å². The Bertz CT molecular complexity index is 964. The zero-order valence-electron chi connectivity index (χ0n) is 11.9. The van der Waals surface area contributed by atoms with Gasteiger partial charge in [0.1, 0.15) is 11.5 Å². The van der Waals surface area contributed by atoms with Crippen LogP contribution in [0, 0.1) is 3.57 Å². The van der Waals surface area contributed by atoms with Crippen molar-refractivity contribution in [3.63, 3.8) is 0 Å². The summed E-state index contributed by atoms with van der Waals surface area (Å²) in [5, 5.41) is 3.12. The molecule has 0 aliphatic carbocycles. The third kappa shape index (κ3) is 2.87. The Balaban J connectivity index is 1.70. The van der Waals surface area contributed by atoms with Gasteiger partial charge in [0.15, 0.2) is 0 Å². The van der Waals surface area contributed by atoms with E-state index in [0.29, 0.717) is 11.8 Å². The van der Waals surface area contributed by atoms with E-state index < -0.39 is 0 Å². The van der Waals surface area contributed by atoms with E-state index in [1.165, 1.54) is 0 Å². The van der Waals surface area contributed by atoms with Crippen molar-refractivity contribution in [3.05, 3.63) is 64.8 Å². The zero-order chi connectivity index (χ0) is 15.6. The van der Waals surface area contributed by atoms with Crippen molar-refractivity contribution >= 4 is 40.0 Å². The second-order valence-electron chi connectivity index (χ2n) is 4.82. The maximum atomic E-state index is 4.56. The molecule has 4 aromatic heterocycles. The number of nitrogens with zero attached hydrogens (tertiary/aromatic N) is 5. The molecule has 112 valence electrons. The van der Waals surface area contributed by atoms with Crippen LogP contribution in [0.2, 0.25) is 0 Å². The molecule has 0 fully saturated rings. The van der Waals surface area contributed by atoms with Crippen molar-refractivity contribution in [2.75, 3.05) is 5.32 Å². The van der Waals surface area contributed by atoms with Gasteiger partial charge in [-0.15, -0.1) is 0 Å². The number of hydrogen-bond donors (Lipinski definition) is 1. The fraction of sp³-hybridized carbons (Fsp3) is 0. The average Bonchev–Trinajstić information content (AvgIpc) is 3.01. The quantitative estimate of drug-likeness (QED) is 0.520. The Morgan fingerprint density at radius 3 is 2.78 bits per heavy atom. The highest BCUT2D eigenvalue weighted by Gasteiger charge is 2.08. The van der Waals surface area contributed by atoms with Crippen LogP contribution in [-0.4, -0.2) is 24.3 Å². The predicted molar refractivity (Wildman–Crippen MR) is 96.5 cm³/mol. The first-order valence-corrected chi connectivity index (χ1v) is 8.01. The molecule has 0 aliphatic heterocycles. The van der Waals surface area contributed by atoms with Gasteiger partial charge < -0.3 is 5.32 Å². The van der Waals surface area contributed by atoms with E-state index in [0.717, 1.165) is 20.6 Å². The Hall–Kier alpha value is -2.55. The Morgan fingerprint density at radius 2 is 1.91 bits per heavy atom. The van der Waals surface area contributed by atoms with Gasteiger partial charge in [0.25, 0.3) is 0 Å². The largest absolute Gasteiger partial charge is 0.309 e. The van der Waals surface area contributed by atoms with Gasteiger partial charge in [0, 0.05) is 22.2 Å². The van der Waals surface area contributed by atoms with Crippen molar-refractivity contribution in [1.29, 1.82) is 0 Å². The predicted octanol–water partition coefficient (Wildman–Crippen LogP) is 3.53. The smallest absolute Gasteiger partial charge is 0.228 e. The van der Waals surface area contributed by atoms with Crippen molar-refractivity contribution in [2.45, 2.75) is 0 Å². The molecule has 0 aromatic carbocycles. The fourth-order valence-corrected chi connectivity index (χ4v) is 2.57. The number of nitrogens with one attached hydrogen (secondary N) is 1. The molecule has 0 unspecified atom stereocenters. The first kappa shape index (κ1) is 14.1. The van der Waals surface area contributed by atoms with Gasteiger partial charge in [-0.25, -0.2) is 19.9 Å². The summed E-state index contributed by atoms with van der Waals surface area (Å²) in [6, 6.07) is 11.6. The maximum absolute atomic E-state index is 4.56. The van der Waals surface area contributed by atoms with Crippen LogP contribution in [-0.2, 0) is 0 Å². The van der Waals surface area contributed by atoms with Gasteiger partial charge in [-0.1, -0.05) is 6.07 Å². The number of aromatic nitrogens is 5. The highest BCUT2D eigenvalue weighted by molar-refractivity contribution is 14.1. The molecule has 4 aromatic rings. The number of hydrogen-bond acceptors (Lipinski definition) is 5. The van der Waals surface area contributed by atoms with Crippen LogP contribution >= 0.6 is 22.6 Å². The maximum Gasteiger partial charge on any atom is 0.228 e. The highest BCUT2D eigenvalue weighted by Crippen LogP contribution is 2.20. The molecule has 0 saturated heterocycles. The molecular formula is C16H11IN6. The van der Waals surface area contributed by atoms with Gasteiger partial charge in [-0.3, -0.25) is 4.40 Å². The molecule has 0 bridgehead atoms. The van der Waals surface area contributed by atoms with Crippen LogP contribution in [0.5, 0.6) is 0 Å². The molecule has 0 atom stereocenters. The molecule has 1 N–H and O–H groups in total. The number of imidazole rings is 1. The number of halogens is 1. The first-order chi connectivity index (χ1) is 11.3. The normalized spacial score (nSPS) is 10.8. The van der Waals surface area contributed by atoms with E-state index >= 15 is 0 Å². The Kier molecular flexibility index (Phi) is 3.62. The lowest BCUT2D eigenvalue weighted by Gasteiger charge is -2.06. The second-order valence-corrected chi connectivity index (χ2v) is 6.07. The Labute approximate surface area is 145 Å². The van der Waals surface area contributed by atoms with Crippen LogP contribution in [0.3, 0.4) is 0 Å². The lowest BCUT2D eigenvalue weighted by Crippen LogP contribution is -2.00.